The number of carbonyl (C=O) groups excluding carboxylic acids is 3. The van der Waals surface area contributed by atoms with Gasteiger partial charge < -0.3 is 19.4 Å². The molecule has 1 aromatic carbocycles. The Labute approximate surface area is 211 Å². The van der Waals surface area contributed by atoms with Crippen molar-refractivity contribution in [3.63, 3.8) is 0 Å². The van der Waals surface area contributed by atoms with Crippen LogP contribution in [-0.2, 0) is 19.1 Å². The molecule has 186 valence electrons. The summed E-state index contributed by atoms with van der Waals surface area (Å²) in [6.07, 6.45) is 6.87. The maximum atomic E-state index is 12.8. The normalized spacial score (nSPS) is 18.7. The predicted octanol–water partition coefficient (Wildman–Crippen LogP) is 3.73. The van der Waals surface area contributed by atoms with Crippen molar-refractivity contribution in [2.45, 2.75) is 32.6 Å². The lowest BCUT2D eigenvalue weighted by molar-refractivity contribution is -0.150. The second-order valence-corrected chi connectivity index (χ2v) is 9.55. The first-order chi connectivity index (χ1) is 16.4. The van der Waals surface area contributed by atoms with Crippen LogP contribution in [0, 0.1) is 5.92 Å². The highest BCUT2D eigenvalue weighted by Gasteiger charge is 2.30. The van der Waals surface area contributed by atoms with Crippen LogP contribution in [0.15, 0.2) is 24.3 Å². The van der Waals surface area contributed by atoms with Gasteiger partial charge in [0.25, 0.3) is 0 Å². The summed E-state index contributed by atoms with van der Waals surface area (Å²) in [6, 6.07) is 5.16. The second-order valence-electron chi connectivity index (χ2n) is 8.73. The summed E-state index contributed by atoms with van der Waals surface area (Å²) >= 11 is 12.0. The number of amides is 2. The molecule has 2 amide bonds. The number of carbonyl (C=O) groups is 3. The number of hydrogen-bond donors (Lipinski definition) is 0. The van der Waals surface area contributed by atoms with Gasteiger partial charge in [0.1, 0.15) is 0 Å². The molecule has 0 saturated carbocycles. The number of piperidine rings is 1. The Hall–Kier alpha value is -2.09. The number of ether oxygens (including phenoxy) is 1. The molecule has 1 aromatic rings. The highest BCUT2D eigenvalue weighted by atomic mass is 35.5. The minimum absolute atomic E-state index is 0.0447. The van der Waals surface area contributed by atoms with E-state index in [0.717, 1.165) is 31.5 Å². The van der Waals surface area contributed by atoms with Gasteiger partial charge in [-0.1, -0.05) is 35.7 Å². The molecule has 2 saturated heterocycles. The van der Waals surface area contributed by atoms with Gasteiger partial charge in [0.05, 0.1) is 22.6 Å². The van der Waals surface area contributed by atoms with Crippen molar-refractivity contribution in [2.24, 2.45) is 5.92 Å². The third-order valence-corrected chi connectivity index (χ3v) is 6.99. The summed E-state index contributed by atoms with van der Waals surface area (Å²) in [5.41, 5.74) is 0.769. The smallest absolute Gasteiger partial charge is 0.312 e. The first-order valence-electron chi connectivity index (χ1n) is 12.0. The van der Waals surface area contributed by atoms with Crippen molar-refractivity contribution in [3.8, 4) is 0 Å². The average molecular weight is 510 g/mol. The van der Waals surface area contributed by atoms with Gasteiger partial charge >= 0.3 is 5.97 Å². The maximum absolute atomic E-state index is 12.8. The summed E-state index contributed by atoms with van der Waals surface area (Å²) in [6.45, 7) is 6.10. The van der Waals surface area contributed by atoms with Gasteiger partial charge in [-0.05, 0) is 56.6 Å². The van der Waals surface area contributed by atoms with Gasteiger partial charge in [-0.25, -0.2) is 0 Å². The molecule has 2 heterocycles. The zero-order valence-corrected chi connectivity index (χ0v) is 21.2. The lowest BCUT2D eigenvalue weighted by Crippen LogP contribution is -2.45. The zero-order valence-electron chi connectivity index (χ0n) is 19.7. The molecular formula is C25H33Cl2N3O4. The van der Waals surface area contributed by atoms with Gasteiger partial charge in [-0.2, -0.15) is 0 Å². The van der Waals surface area contributed by atoms with E-state index in [1.165, 1.54) is 12.5 Å². The molecule has 0 radical (unpaired) electrons. The van der Waals surface area contributed by atoms with E-state index in [1.54, 1.807) is 41.0 Å². The fraction of sp³-hybridized carbons (Fsp3) is 0.560. The number of likely N-dealkylation sites (tertiary alicyclic amines) is 1. The standard InChI is InChI=1S/C25H33Cl2N3O4/c1-2-34-25(33)20(17-28-11-4-3-5-12-28)18-30-15-14-29(13-10-24(30)32)23(31)9-7-19-6-8-21(26)22(27)16-19/h6-9,16,20H,2-5,10-15,17-18H2,1H3. The molecule has 2 fully saturated rings. The average Bonchev–Trinajstić information content (AvgIpc) is 3.01. The van der Waals surface area contributed by atoms with Crippen LogP contribution in [-0.4, -0.2) is 84.9 Å². The van der Waals surface area contributed by atoms with Crippen LogP contribution < -0.4 is 0 Å². The lowest BCUT2D eigenvalue weighted by atomic mass is 10.1. The Morgan fingerprint density at radius 3 is 2.50 bits per heavy atom. The van der Waals surface area contributed by atoms with E-state index in [2.05, 4.69) is 4.90 Å². The lowest BCUT2D eigenvalue weighted by Gasteiger charge is -2.32. The van der Waals surface area contributed by atoms with Gasteiger partial charge in [0, 0.05) is 45.2 Å². The van der Waals surface area contributed by atoms with E-state index >= 15 is 0 Å². The number of rotatable bonds is 8. The fourth-order valence-electron chi connectivity index (χ4n) is 4.36. The van der Waals surface area contributed by atoms with Crippen molar-refractivity contribution in [2.75, 3.05) is 52.4 Å². The van der Waals surface area contributed by atoms with E-state index in [1.807, 2.05) is 0 Å². The summed E-state index contributed by atoms with van der Waals surface area (Å²) in [5.74, 6) is -0.867. The van der Waals surface area contributed by atoms with E-state index < -0.39 is 0 Å². The number of nitrogens with zero attached hydrogens (tertiary/aromatic N) is 3. The van der Waals surface area contributed by atoms with Crippen LogP contribution in [0.4, 0.5) is 0 Å². The summed E-state index contributed by atoms with van der Waals surface area (Å²) in [4.78, 5) is 43.9. The van der Waals surface area contributed by atoms with Crippen LogP contribution in [0.2, 0.25) is 10.0 Å². The molecule has 7 nitrogen and oxygen atoms in total. The molecule has 34 heavy (non-hydrogen) atoms. The molecule has 0 aromatic heterocycles. The highest BCUT2D eigenvalue weighted by molar-refractivity contribution is 6.42. The molecule has 2 aliphatic rings. The van der Waals surface area contributed by atoms with Crippen molar-refractivity contribution < 1.29 is 19.1 Å². The first kappa shape index (κ1) is 26.5. The van der Waals surface area contributed by atoms with Crippen LogP contribution >= 0.6 is 23.2 Å². The van der Waals surface area contributed by atoms with Crippen LogP contribution in [0.5, 0.6) is 0 Å². The molecule has 0 N–H and O–H groups in total. The fourth-order valence-corrected chi connectivity index (χ4v) is 4.66. The molecule has 0 spiro atoms. The topological polar surface area (TPSA) is 70.2 Å². The third kappa shape index (κ3) is 7.72. The molecule has 0 aliphatic carbocycles. The van der Waals surface area contributed by atoms with Crippen molar-refractivity contribution in [1.29, 1.82) is 0 Å². The van der Waals surface area contributed by atoms with E-state index in [9.17, 15) is 14.4 Å². The second kappa shape index (κ2) is 13.1. The Morgan fingerprint density at radius 1 is 1.03 bits per heavy atom. The minimum Gasteiger partial charge on any atom is -0.466 e. The van der Waals surface area contributed by atoms with Crippen molar-refractivity contribution in [3.05, 3.63) is 39.9 Å². The number of halogens is 2. The molecule has 9 heteroatoms. The van der Waals surface area contributed by atoms with Crippen LogP contribution in [0.1, 0.15) is 38.2 Å². The van der Waals surface area contributed by atoms with Gasteiger partial charge in [-0.3, -0.25) is 14.4 Å². The SMILES string of the molecule is CCOC(=O)C(CN1CCCCC1)CN1CCN(C(=O)C=Cc2ccc(Cl)c(Cl)c2)CCC1=O. The Kier molecular flexibility index (Phi) is 10.2. The predicted molar refractivity (Wildman–Crippen MR) is 134 cm³/mol. The quantitative estimate of drug-likeness (QED) is 0.394. The zero-order chi connectivity index (χ0) is 24.5. The number of hydrogen-bond acceptors (Lipinski definition) is 5. The Balaban J connectivity index is 1.60. The number of esters is 1. The molecule has 0 bridgehead atoms. The minimum atomic E-state index is -0.390. The van der Waals surface area contributed by atoms with E-state index in [0.29, 0.717) is 49.4 Å². The largest absolute Gasteiger partial charge is 0.466 e. The first-order valence-corrected chi connectivity index (χ1v) is 12.7. The van der Waals surface area contributed by atoms with E-state index in [4.69, 9.17) is 27.9 Å². The Bertz CT molecular complexity index is 902. The summed E-state index contributed by atoms with van der Waals surface area (Å²) in [7, 11) is 0. The summed E-state index contributed by atoms with van der Waals surface area (Å²) < 4.78 is 5.31. The molecule has 2 aliphatic heterocycles. The van der Waals surface area contributed by atoms with Gasteiger partial charge in [0.15, 0.2) is 0 Å². The monoisotopic (exact) mass is 509 g/mol. The van der Waals surface area contributed by atoms with Crippen LogP contribution in [0.25, 0.3) is 6.08 Å². The molecule has 1 atom stereocenters. The highest BCUT2D eigenvalue weighted by Crippen LogP contribution is 2.23. The van der Waals surface area contributed by atoms with Gasteiger partial charge in [-0.15, -0.1) is 0 Å². The Morgan fingerprint density at radius 2 is 1.79 bits per heavy atom. The molecule has 1 unspecified atom stereocenters. The summed E-state index contributed by atoms with van der Waals surface area (Å²) in [5, 5.41) is 0.880. The molecular weight excluding hydrogens is 477 g/mol. The van der Waals surface area contributed by atoms with Crippen molar-refractivity contribution >= 4 is 47.1 Å². The third-order valence-electron chi connectivity index (χ3n) is 6.25. The van der Waals surface area contributed by atoms with E-state index in [-0.39, 0.29) is 30.1 Å². The molecule has 3 rings (SSSR count). The van der Waals surface area contributed by atoms with Crippen LogP contribution in [0.3, 0.4) is 0 Å². The van der Waals surface area contributed by atoms with Crippen molar-refractivity contribution in [1.82, 2.24) is 14.7 Å². The number of benzene rings is 1. The van der Waals surface area contributed by atoms with Gasteiger partial charge in [0.2, 0.25) is 11.8 Å². The maximum Gasteiger partial charge on any atom is 0.312 e.